The van der Waals surface area contributed by atoms with E-state index in [0.717, 1.165) is 6.07 Å². The molecule has 14 heavy (non-hydrogen) atoms. The molecule has 3 heteroatoms. The molecule has 0 N–H and O–H groups in total. The first kappa shape index (κ1) is 8.81. The molecule has 0 aliphatic heterocycles. The lowest BCUT2D eigenvalue weighted by Gasteiger charge is -2.02. The molecule has 0 amide bonds. The van der Waals surface area contributed by atoms with Crippen molar-refractivity contribution >= 4 is 0 Å². The molecule has 0 atom stereocenters. The Kier molecular flexibility index (Phi) is 2.23. The van der Waals surface area contributed by atoms with Crippen molar-refractivity contribution in [2.45, 2.75) is 0 Å². The summed E-state index contributed by atoms with van der Waals surface area (Å²) in [6, 6.07) is 8.62. The van der Waals surface area contributed by atoms with Crippen LogP contribution in [-0.2, 0) is 0 Å². The third kappa shape index (κ3) is 1.62. The van der Waals surface area contributed by atoms with Gasteiger partial charge in [-0.25, -0.2) is 8.78 Å². The van der Waals surface area contributed by atoms with Gasteiger partial charge in [-0.2, -0.15) is 0 Å². The lowest BCUT2D eigenvalue weighted by molar-refractivity contribution is -0.602. The molecule has 0 unspecified atom stereocenters. The average Bonchev–Trinajstić information content (AvgIpc) is 2.19. The van der Waals surface area contributed by atoms with Gasteiger partial charge >= 0.3 is 0 Å². The highest BCUT2D eigenvalue weighted by molar-refractivity contribution is 5.24. The second-order valence-corrected chi connectivity index (χ2v) is 2.80. The molecular weight excluding hydrogens is 184 g/mol. The van der Waals surface area contributed by atoms with Crippen molar-refractivity contribution in [3.8, 4) is 5.69 Å². The fourth-order valence-corrected chi connectivity index (χ4v) is 1.18. The average molecular weight is 191 g/mol. The normalized spacial score (nSPS) is 10.1. The van der Waals surface area contributed by atoms with Gasteiger partial charge in [0.2, 0.25) is 0 Å². The van der Waals surface area contributed by atoms with Gasteiger partial charge in [0, 0.05) is 6.07 Å². The highest BCUT2D eigenvalue weighted by Gasteiger charge is 2.06. The van der Waals surface area contributed by atoms with E-state index in [9.17, 15) is 8.78 Å². The van der Waals surface area contributed by atoms with Crippen molar-refractivity contribution in [3.63, 3.8) is 0 Å². The zero-order valence-electron chi connectivity index (χ0n) is 7.24. The minimum atomic E-state index is -0.600. The number of nitrogens with zero attached hydrogens (tertiary/aromatic N) is 1. The molecule has 0 fully saturated rings. The monoisotopic (exact) mass is 191 g/mol. The van der Waals surface area contributed by atoms with Crippen LogP contribution in [0.3, 0.4) is 0 Å². The first-order valence-electron chi connectivity index (χ1n) is 4.11. The molecule has 1 aromatic heterocycles. The second-order valence-electron chi connectivity index (χ2n) is 2.80. The van der Waals surface area contributed by atoms with E-state index in [0.29, 0.717) is 0 Å². The van der Waals surface area contributed by atoms with Crippen molar-refractivity contribution in [2.24, 2.45) is 0 Å². The Bertz CT molecular complexity index is 440. The minimum Gasteiger partial charge on any atom is -0.283 e. The van der Waals surface area contributed by atoms with E-state index in [2.05, 4.69) is 6.20 Å². The molecule has 0 saturated heterocycles. The maximum atomic E-state index is 13.3. The molecule has 0 bridgehead atoms. The smallest absolute Gasteiger partial charge is 0.168 e. The molecule has 2 aromatic rings. The summed E-state index contributed by atoms with van der Waals surface area (Å²) in [4.78, 5) is 0. The summed E-state index contributed by atoms with van der Waals surface area (Å²) in [5.41, 5.74) is 0.284. The first-order chi connectivity index (χ1) is 6.77. The van der Waals surface area contributed by atoms with Gasteiger partial charge in [0.25, 0.3) is 0 Å². The van der Waals surface area contributed by atoms with Crippen molar-refractivity contribution < 1.29 is 13.3 Å². The maximum Gasteiger partial charge on any atom is 0.168 e. The molecule has 1 heterocycles. The Hall–Kier alpha value is -1.77. The summed E-state index contributed by atoms with van der Waals surface area (Å²) >= 11 is 0. The largest absolute Gasteiger partial charge is 0.283 e. The van der Waals surface area contributed by atoms with E-state index in [1.165, 1.54) is 16.7 Å². The highest BCUT2D eigenvalue weighted by atomic mass is 19.1. The van der Waals surface area contributed by atoms with Gasteiger partial charge < -0.3 is 0 Å². The van der Waals surface area contributed by atoms with Crippen molar-refractivity contribution in [2.75, 3.05) is 0 Å². The van der Waals surface area contributed by atoms with Crippen LogP contribution < -0.4 is 4.57 Å². The number of benzene rings is 1. The highest BCUT2D eigenvalue weighted by Crippen LogP contribution is 2.08. The molecule has 1 aromatic carbocycles. The van der Waals surface area contributed by atoms with Gasteiger partial charge in [-0.3, -0.25) is 4.57 Å². The van der Waals surface area contributed by atoms with Crippen LogP contribution in [0.15, 0.2) is 42.6 Å². The third-order valence-corrected chi connectivity index (χ3v) is 1.83. The van der Waals surface area contributed by atoms with Crippen molar-refractivity contribution in [1.82, 2.24) is 0 Å². The van der Waals surface area contributed by atoms with Gasteiger partial charge in [-0.1, -0.05) is 12.1 Å². The molecule has 0 saturated carbocycles. The van der Waals surface area contributed by atoms with Gasteiger partial charge in [-0.15, -0.1) is 6.07 Å². The quantitative estimate of drug-likeness (QED) is 0.479. The number of hydrogen-bond acceptors (Lipinski definition) is 0. The Labute approximate surface area is 80.2 Å². The van der Waals surface area contributed by atoms with Crippen LogP contribution in [0, 0.1) is 17.8 Å². The van der Waals surface area contributed by atoms with Crippen LogP contribution >= 0.6 is 0 Å². The van der Waals surface area contributed by atoms with E-state index in [4.69, 9.17) is 0 Å². The number of rotatable bonds is 1. The van der Waals surface area contributed by atoms with E-state index in [-0.39, 0.29) is 5.69 Å². The van der Waals surface area contributed by atoms with Crippen LogP contribution in [0.25, 0.3) is 5.69 Å². The van der Waals surface area contributed by atoms with Gasteiger partial charge in [0.15, 0.2) is 17.7 Å². The van der Waals surface area contributed by atoms with Crippen LogP contribution in [0.1, 0.15) is 0 Å². The van der Waals surface area contributed by atoms with E-state index >= 15 is 0 Å². The standard InChI is InChI=1S/C11H7F2N/c12-9-4-5-11(10(13)8-9)14-6-2-1-3-7-14/h1-6,8H. The van der Waals surface area contributed by atoms with Gasteiger partial charge in [0.1, 0.15) is 5.82 Å². The first-order valence-corrected chi connectivity index (χ1v) is 4.11. The van der Waals surface area contributed by atoms with Gasteiger partial charge in [0.05, 0.1) is 6.20 Å². The van der Waals surface area contributed by atoms with E-state index in [1.807, 2.05) is 0 Å². The number of hydrogen-bond donors (Lipinski definition) is 0. The summed E-state index contributed by atoms with van der Waals surface area (Å²) in [6.07, 6.45) is 4.45. The Balaban J connectivity index is 2.53. The van der Waals surface area contributed by atoms with E-state index in [1.54, 1.807) is 24.4 Å². The second kappa shape index (κ2) is 3.54. The third-order valence-electron chi connectivity index (χ3n) is 1.83. The lowest BCUT2D eigenvalue weighted by Crippen LogP contribution is -2.31. The topological polar surface area (TPSA) is 3.88 Å². The number of pyridine rings is 1. The van der Waals surface area contributed by atoms with E-state index < -0.39 is 11.6 Å². The zero-order valence-corrected chi connectivity index (χ0v) is 7.24. The summed E-state index contributed by atoms with van der Waals surface area (Å²) in [6.45, 7) is 0. The zero-order chi connectivity index (χ0) is 9.97. The molecule has 70 valence electrons. The SMILES string of the molecule is Fc1ccc(-[n+]2[c-]cccc2)c(F)c1. The minimum absolute atomic E-state index is 0.284. The fraction of sp³-hybridized carbons (Fsp3) is 0. The summed E-state index contributed by atoms with van der Waals surface area (Å²) in [5.74, 6) is -1.18. The molecule has 1 nitrogen and oxygen atoms in total. The van der Waals surface area contributed by atoms with Gasteiger partial charge in [-0.05, 0) is 12.1 Å². The van der Waals surface area contributed by atoms with Crippen molar-refractivity contribution in [3.05, 3.63) is 60.4 Å². The van der Waals surface area contributed by atoms with Crippen LogP contribution in [0.4, 0.5) is 8.78 Å². The Morgan fingerprint density at radius 3 is 2.64 bits per heavy atom. The molecule has 0 radical (unpaired) electrons. The van der Waals surface area contributed by atoms with Crippen LogP contribution in [0.2, 0.25) is 0 Å². The van der Waals surface area contributed by atoms with Crippen LogP contribution in [0.5, 0.6) is 0 Å². The van der Waals surface area contributed by atoms with Crippen LogP contribution in [-0.4, -0.2) is 0 Å². The molecular formula is C11H7F2N. The molecule has 2 rings (SSSR count). The lowest BCUT2D eigenvalue weighted by atomic mass is 10.3. The number of aromatic nitrogens is 1. The summed E-state index contributed by atoms with van der Waals surface area (Å²) in [7, 11) is 0. The molecule has 0 spiro atoms. The molecule has 0 aliphatic rings. The van der Waals surface area contributed by atoms with Crippen molar-refractivity contribution in [1.29, 1.82) is 0 Å². The maximum absolute atomic E-state index is 13.3. The molecule has 0 aliphatic carbocycles. The number of halogens is 2. The predicted molar refractivity (Wildman–Crippen MR) is 46.7 cm³/mol. The Morgan fingerprint density at radius 2 is 2.00 bits per heavy atom. The summed E-state index contributed by atoms with van der Waals surface area (Å²) < 4.78 is 27.3. The summed E-state index contributed by atoms with van der Waals surface area (Å²) in [5, 5.41) is 0. The Morgan fingerprint density at radius 1 is 1.14 bits per heavy atom. The predicted octanol–water partition coefficient (Wildman–Crippen LogP) is 2.04. The fourth-order valence-electron chi connectivity index (χ4n) is 1.18.